The second-order valence-electron chi connectivity index (χ2n) is 11.6. The predicted molar refractivity (Wildman–Crippen MR) is 165 cm³/mol. The summed E-state index contributed by atoms with van der Waals surface area (Å²) < 4.78 is 29.6. The first kappa shape index (κ1) is 31.0. The number of nitrogens with two attached hydrogens (primary N) is 1. The van der Waals surface area contributed by atoms with Gasteiger partial charge in [-0.2, -0.15) is 13.9 Å². The van der Waals surface area contributed by atoms with Crippen LogP contribution in [0, 0.1) is 12.3 Å². The van der Waals surface area contributed by atoms with Gasteiger partial charge in [-0.05, 0) is 40.0 Å². The third kappa shape index (κ3) is 6.00. The van der Waals surface area contributed by atoms with Crippen LogP contribution < -0.4 is 16.0 Å². The van der Waals surface area contributed by atoms with Gasteiger partial charge in [0.25, 0.3) is 0 Å². The second-order valence-corrected chi connectivity index (χ2v) is 13.6. The van der Waals surface area contributed by atoms with E-state index >= 15 is 0 Å². The van der Waals surface area contributed by atoms with Crippen molar-refractivity contribution in [2.24, 2.45) is 11.1 Å². The van der Waals surface area contributed by atoms with Crippen LogP contribution in [0.3, 0.4) is 0 Å². The van der Waals surface area contributed by atoms with Crippen molar-refractivity contribution in [1.82, 2.24) is 23.8 Å². The van der Waals surface area contributed by atoms with E-state index in [9.17, 15) is 13.2 Å². The molecule has 2 aliphatic rings. The van der Waals surface area contributed by atoms with Crippen molar-refractivity contribution in [3.63, 3.8) is 0 Å². The van der Waals surface area contributed by atoms with Gasteiger partial charge in [0.2, 0.25) is 15.9 Å². The molecule has 4 rings (SSSR count). The van der Waals surface area contributed by atoms with Crippen LogP contribution in [0.25, 0.3) is 5.65 Å². The third-order valence-corrected chi connectivity index (χ3v) is 9.66. The zero-order valence-corrected chi connectivity index (χ0v) is 26.3. The number of allylic oxidation sites excluding steroid dienone is 2. The molecule has 2 aromatic heterocycles. The number of carbonyl (C=O) groups is 1. The van der Waals surface area contributed by atoms with E-state index in [1.165, 1.54) is 10.6 Å². The van der Waals surface area contributed by atoms with Crippen LogP contribution in [0.1, 0.15) is 63.8 Å². The van der Waals surface area contributed by atoms with E-state index in [-0.39, 0.29) is 11.9 Å². The molecule has 0 spiro atoms. The molecule has 41 heavy (non-hydrogen) atoms. The number of rotatable bonds is 5. The van der Waals surface area contributed by atoms with Gasteiger partial charge in [-0.15, -0.1) is 0 Å². The monoisotopic (exact) mass is 586 g/mol. The van der Waals surface area contributed by atoms with Crippen LogP contribution in [0.5, 0.6) is 0 Å². The van der Waals surface area contributed by atoms with E-state index in [2.05, 4.69) is 10.2 Å². The Bertz CT molecular complexity index is 1450. The number of fused-ring (bicyclic) bond motifs is 2. The van der Waals surface area contributed by atoms with E-state index in [0.717, 1.165) is 47.9 Å². The Morgan fingerprint density at radius 3 is 2.54 bits per heavy atom. The van der Waals surface area contributed by atoms with E-state index in [4.69, 9.17) is 15.8 Å². The van der Waals surface area contributed by atoms with Crippen molar-refractivity contribution in [1.29, 1.82) is 0 Å². The fraction of sp³-hybridized carbons (Fsp3) is 0.621. The molecule has 226 valence electrons. The zero-order chi connectivity index (χ0) is 30.1. The summed E-state index contributed by atoms with van der Waals surface area (Å²) in [5.74, 6) is 1.54. The van der Waals surface area contributed by atoms with E-state index < -0.39 is 21.5 Å². The molecule has 3 atom stereocenters. The highest BCUT2D eigenvalue weighted by Gasteiger charge is 2.47. The molecule has 3 unspecified atom stereocenters. The van der Waals surface area contributed by atoms with Crippen LogP contribution in [0.4, 0.5) is 11.6 Å². The Hall–Kier alpha value is -2.96. The number of sulfonamides is 1. The Labute approximate surface area is 244 Å². The van der Waals surface area contributed by atoms with Gasteiger partial charge < -0.3 is 20.9 Å². The van der Waals surface area contributed by atoms with Gasteiger partial charge in [-0.1, -0.05) is 37.1 Å². The molecular weight excluding hydrogens is 540 g/mol. The molecule has 0 radical (unpaired) electrons. The van der Waals surface area contributed by atoms with Gasteiger partial charge in [0.1, 0.15) is 11.6 Å². The van der Waals surface area contributed by atoms with Crippen molar-refractivity contribution < 1.29 is 13.2 Å². The average molecular weight is 587 g/mol. The Kier molecular flexibility index (Phi) is 9.15. The van der Waals surface area contributed by atoms with Gasteiger partial charge in [-0.3, -0.25) is 4.79 Å². The number of carbonyl (C=O) groups excluding carboxylic acids is 1. The first-order chi connectivity index (χ1) is 19.3. The molecule has 2 aromatic rings. The van der Waals surface area contributed by atoms with E-state index in [1.54, 1.807) is 11.9 Å². The van der Waals surface area contributed by atoms with Crippen LogP contribution in [-0.2, 0) is 14.8 Å². The highest BCUT2D eigenvalue weighted by Crippen LogP contribution is 2.39. The number of anilines is 2. The summed E-state index contributed by atoms with van der Waals surface area (Å²) in [6.07, 6.45) is 9.96. The van der Waals surface area contributed by atoms with Crippen molar-refractivity contribution in [2.45, 2.75) is 65.5 Å². The number of amides is 1. The molecule has 0 saturated carbocycles. The number of aromatic nitrogens is 3. The standard InChI is InChI=1S/C29H46N8O3S/c1-8-23-22-18-25-32-26(31-15-14-30)21(3)27(37(25)33-22)34(5)16-10-9-11-17-36(41(7,39)40)24-13-12-20(2)19-29(24,4)28(38)35(23)6/h12-13,18-19,23-24H,8-11,14-17,30H2,1-7H3,(H,31,32). The lowest BCUT2D eigenvalue weighted by Crippen LogP contribution is -2.55. The largest absolute Gasteiger partial charge is 0.368 e. The molecule has 0 fully saturated rings. The summed E-state index contributed by atoms with van der Waals surface area (Å²) >= 11 is 0. The fourth-order valence-electron chi connectivity index (χ4n) is 6.31. The fourth-order valence-corrected chi connectivity index (χ4v) is 7.47. The maximum Gasteiger partial charge on any atom is 0.234 e. The minimum Gasteiger partial charge on any atom is -0.368 e. The minimum absolute atomic E-state index is 0.150. The van der Waals surface area contributed by atoms with Gasteiger partial charge in [-0.25, -0.2) is 13.4 Å². The molecule has 0 aromatic carbocycles. The number of nitrogens with one attached hydrogen (secondary N) is 1. The summed E-state index contributed by atoms with van der Waals surface area (Å²) in [5.41, 5.74) is 8.01. The van der Waals surface area contributed by atoms with Crippen LogP contribution in [-0.4, -0.2) is 90.7 Å². The molecule has 1 aliphatic carbocycles. The lowest BCUT2D eigenvalue weighted by molar-refractivity contribution is -0.141. The quantitative estimate of drug-likeness (QED) is 0.547. The van der Waals surface area contributed by atoms with E-state index in [1.807, 2.05) is 63.6 Å². The summed E-state index contributed by atoms with van der Waals surface area (Å²) in [4.78, 5) is 23.2. The smallest absolute Gasteiger partial charge is 0.234 e. The molecule has 2 bridgehead atoms. The van der Waals surface area contributed by atoms with Crippen LogP contribution in [0.2, 0.25) is 0 Å². The predicted octanol–water partition coefficient (Wildman–Crippen LogP) is 3.09. The number of hydrogen-bond acceptors (Lipinski definition) is 8. The molecule has 1 amide bonds. The maximum atomic E-state index is 14.4. The molecular formula is C29H46N8O3S. The second kappa shape index (κ2) is 12.1. The van der Waals surface area contributed by atoms with Gasteiger partial charge >= 0.3 is 0 Å². The Balaban J connectivity index is 1.88. The highest BCUT2D eigenvalue weighted by atomic mass is 32.2. The normalized spacial score (nSPS) is 25.1. The molecule has 12 heteroatoms. The summed E-state index contributed by atoms with van der Waals surface area (Å²) in [5, 5.41) is 8.37. The molecule has 3 heterocycles. The van der Waals surface area contributed by atoms with Gasteiger partial charge in [0.05, 0.1) is 29.4 Å². The van der Waals surface area contributed by atoms with Gasteiger partial charge in [0, 0.05) is 51.9 Å². The maximum absolute atomic E-state index is 14.4. The summed E-state index contributed by atoms with van der Waals surface area (Å²) in [6.45, 7) is 10.1. The number of hydrogen-bond donors (Lipinski definition) is 2. The first-order valence-electron chi connectivity index (χ1n) is 14.5. The Morgan fingerprint density at radius 1 is 1.17 bits per heavy atom. The van der Waals surface area contributed by atoms with Crippen molar-refractivity contribution in [3.05, 3.63) is 41.1 Å². The molecule has 0 saturated heterocycles. The summed E-state index contributed by atoms with van der Waals surface area (Å²) in [6, 6.07) is 0.988. The van der Waals surface area contributed by atoms with Gasteiger partial charge in [0.15, 0.2) is 5.65 Å². The molecule has 11 nitrogen and oxygen atoms in total. The van der Waals surface area contributed by atoms with Crippen LogP contribution in [0.15, 0.2) is 29.9 Å². The molecule has 1 aliphatic heterocycles. The topological polar surface area (TPSA) is 129 Å². The SMILES string of the molecule is CCC1c2cc3nc(NCCN)c(C)c(n3n2)N(C)CCCCCN(S(C)(=O)=O)C2C=CC(C)=CC2(C)C(=O)N1C. The lowest BCUT2D eigenvalue weighted by Gasteiger charge is -2.43. The lowest BCUT2D eigenvalue weighted by atomic mass is 9.75. The average Bonchev–Trinajstić information content (AvgIpc) is 3.31. The Morgan fingerprint density at radius 2 is 1.88 bits per heavy atom. The van der Waals surface area contributed by atoms with Crippen molar-refractivity contribution >= 4 is 33.2 Å². The van der Waals surface area contributed by atoms with Crippen molar-refractivity contribution in [3.8, 4) is 0 Å². The minimum atomic E-state index is -3.59. The summed E-state index contributed by atoms with van der Waals surface area (Å²) in [7, 11) is 0.244. The van der Waals surface area contributed by atoms with E-state index in [0.29, 0.717) is 38.1 Å². The van der Waals surface area contributed by atoms with Crippen molar-refractivity contribution in [2.75, 3.05) is 56.7 Å². The highest BCUT2D eigenvalue weighted by molar-refractivity contribution is 7.88. The zero-order valence-electron chi connectivity index (χ0n) is 25.5. The third-order valence-electron chi connectivity index (χ3n) is 8.39. The molecule has 3 N–H and O–H groups in total. The first-order valence-corrected chi connectivity index (χ1v) is 16.3. The number of nitrogens with zero attached hydrogens (tertiary/aromatic N) is 6. The van der Waals surface area contributed by atoms with Crippen LogP contribution >= 0.6 is 0 Å².